The maximum absolute atomic E-state index is 13.0. The predicted molar refractivity (Wildman–Crippen MR) is 126 cm³/mol. The highest BCUT2D eigenvalue weighted by molar-refractivity contribution is 5.95. The number of nitrogens with zero attached hydrogens (tertiary/aromatic N) is 2. The standard InChI is InChI=1S/C27H32N2O4/c1-33-24-18-22(19-4-2-3-5-19)10-11-23(24)20-6-8-21(9-7-20)25(30)28-14-16-29(17-15-28)26(31)27(32)12-13-27/h6-11,18-19,32H,2-5,12-17H2,1H3. The van der Waals surface area contributed by atoms with Crippen molar-refractivity contribution in [2.75, 3.05) is 33.3 Å². The van der Waals surface area contributed by atoms with Gasteiger partial charge in [-0.1, -0.05) is 37.1 Å². The van der Waals surface area contributed by atoms with Crippen LogP contribution in [0.25, 0.3) is 11.1 Å². The molecule has 0 aromatic heterocycles. The Labute approximate surface area is 195 Å². The molecule has 0 bridgehead atoms. The molecule has 174 valence electrons. The number of benzene rings is 2. The number of hydrogen-bond donors (Lipinski definition) is 1. The largest absolute Gasteiger partial charge is 0.496 e. The lowest BCUT2D eigenvalue weighted by Crippen LogP contribution is -2.53. The van der Waals surface area contributed by atoms with Gasteiger partial charge in [0.15, 0.2) is 0 Å². The van der Waals surface area contributed by atoms with Gasteiger partial charge in [-0.3, -0.25) is 9.59 Å². The first kappa shape index (κ1) is 22.0. The van der Waals surface area contributed by atoms with Crippen LogP contribution in [0.15, 0.2) is 42.5 Å². The Morgan fingerprint density at radius 3 is 2.18 bits per heavy atom. The van der Waals surface area contributed by atoms with Crippen LogP contribution in [0.1, 0.15) is 60.4 Å². The van der Waals surface area contributed by atoms with Crippen molar-refractivity contribution in [3.63, 3.8) is 0 Å². The Morgan fingerprint density at radius 1 is 0.939 bits per heavy atom. The first-order valence-electron chi connectivity index (χ1n) is 12.1. The number of hydrogen-bond acceptors (Lipinski definition) is 4. The molecule has 1 saturated heterocycles. The van der Waals surface area contributed by atoms with Crippen molar-refractivity contribution >= 4 is 11.8 Å². The first-order valence-corrected chi connectivity index (χ1v) is 12.1. The van der Waals surface area contributed by atoms with Crippen LogP contribution >= 0.6 is 0 Å². The molecular weight excluding hydrogens is 416 g/mol. The summed E-state index contributed by atoms with van der Waals surface area (Å²) in [6, 6.07) is 14.2. The molecule has 0 spiro atoms. The summed E-state index contributed by atoms with van der Waals surface area (Å²) in [5.41, 5.74) is 2.91. The van der Waals surface area contributed by atoms with E-state index in [0.29, 0.717) is 50.5 Å². The predicted octanol–water partition coefficient (Wildman–Crippen LogP) is 3.83. The molecule has 6 heteroatoms. The zero-order chi connectivity index (χ0) is 23.0. The summed E-state index contributed by atoms with van der Waals surface area (Å²) in [7, 11) is 1.71. The highest BCUT2D eigenvalue weighted by atomic mass is 16.5. The molecule has 1 heterocycles. The van der Waals surface area contributed by atoms with Gasteiger partial charge in [0.2, 0.25) is 0 Å². The van der Waals surface area contributed by atoms with E-state index in [2.05, 4.69) is 18.2 Å². The van der Waals surface area contributed by atoms with Gasteiger partial charge in [-0.25, -0.2) is 0 Å². The van der Waals surface area contributed by atoms with E-state index in [1.807, 2.05) is 24.3 Å². The molecule has 2 amide bonds. The van der Waals surface area contributed by atoms with Crippen molar-refractivity contribution in [1.29, 1.82) is 0 Å². The van der Waals surface area contributed by atoms with Gasteiger partial charge in [0.25, 0.3) is 11.8 Å². The summed E-state index contributed by atoms with van der Waals surface area (Å²) in [6.07, 6.45) is 6.21. The number of piperazine rings is 1. The highest BCUT2D eigenvalue weighted by Crippen LogP contribution is 2.39. The summed E-state index contributed by atoms with van der Waals surface area (Å²) in [5, 5.41) is 10.0. The third-order valence-corrected chi connectivity index (χ3v) is 7.47. The minimum Gasteiger partial charge on any atom is -0.496 e. The van der Waals surface area contributed by atoms with Crippen LogP contribution in [0.3, 0.4) is 0 Å². The fraction of sp³-hybridized carbons (Fsp3) is 0.481. The van der Waals surface area contributed by atoms with E-state index in [9.17, 15) is 14.7 Å². The summed E-state index contributed by atoms with van der Waals surface area (Å²) in [5.74, 6) is 1.29. The Bertz CT molecular complexity index is 1030. The van der Waals surface area contributed by atoms with Crippen molar-refractivity contribution in [3.05, 3.63) is 53.6 Å². The second-order valence-corrected chi connectivity index (χ2v) is 9.63. The van der Waals surface area contributed by atoms with E-state index in [1.165, 1.54) is 31.2 Å². The molecule has 2 aromatic carbocycles. The van der Waals surface area contributed by atoms with Gasteiger partial charge in [0, 0.05) is 37.3 Å². The second kappa shape index (κ2) is 8.82. The molecule has 3 fully saturated rings. The fourth-order valence-electron chi connectivity index (χ4n) is 5.17. The van der Waals surface area contributed by atoms with Gasteiger partial charge >= 0.3 is 0 Å². The molecule has 2 aromatic rings. The third kappa shape index (κ3) is 4.36. The normalized spacial score (nSPS) is 20.1. The maximum atomic E-state index is 13.0. The smallest absolute Gasteiger partial charge is 0.254 e. The van der Waals surface area contributed by atoms with Gasteiger partial charge in [-0.05, 0) is 60.9 Å². The second-order valence-electron chi connectivity index (χ2n) is 9.63. The lowest BCUT2D eigenvalue weighted by Gasteiger charge is -2.35. The van der Waals surface area contributed by atoms with Crippen LogP contribution in [0.5, 0.6) is 5.75 Å². The van der Waals surface area contributed by atoms with Crippen LogP contribution in [0, 0.1) is 0 Å². The molecular formula is C27H32N2O4. The van der Waals surface area contributed by atoms with Gasteiger partial charge in [-0.15, -0.1) is 0 Å². The Balaban J connectivity index is 1.25. The van der Waals surface area contributed by atoms with Gasteiger partial charge in [0.1, 0.15) is 11.4 Å². The Hall–Kier alpha value is -2.86. The summed E-state index contributed by atoms with van der Waals surface area (Å²) >= 11 is 0. The van der Waals surface area contributed by atoms with E-state index in [0.717, 1.165) is 16.9 Å². The number of aliphatic hydroxyl groups is 1. The molecule has 0 radical (unpaired) electrons. The van der Waals surface area contributed by atoms with Crippen LogP contribution in [-0.2, 0) is 4.79 Å². The SMILES string of the molecule is COc1cc(C2CCCC2)ccc1-c1ccc(C(=O)N2CCN(C(=O)C3(O)CC3)CC2)cc1. The quantitative estimate of drug-likeness (QED) is 0.755. The van der Waals surface area contributed by atoms with E-state index < -0.39 is 5.60 Å². The molecule has 33 heavy (non-hydrogen) atoms. The van der Waals surface area contributed by atoms with Gasteiger partial charge in [0.05, 0.1) is 7.11 Å². The summed E-state index contributed by atoms with van der Waals surface area (Å²) < 4.78 is 5.71. The first-order chi connectivity index (χ1) is 16.0. The third-order valence-electron chi connectivity index (χ3n) is 7.47. The average molecular weight is 449 g/mol. The van der Waals surface area contributed by atoms with E-state index in [4.69, 9.17) is 4.74 Å². The van der Waals surface area contributed by atoms with Crippen molar-refractivity contribution in [1.82, 2.24) is 9.80 Å². The molecule has 0 unspecified atom stereocenters. The molecule has 2 aliphatic carbocycles. The van der Waals surface area contributed by atoms with Crippen molar-refractivity contribution < 1.29 is 19.4 Å². The zero-order valence-corrected chi connectivity index (χ0v) is 19.3. The number of carbonyl (C=O) groups excluding carboxylic acids is 2. The molecule has 2 saturated carbocycles. The molecule has 1 N–H and O–H groups in total. The summed E-state index contributed by atoms with van der Waals surface area (Å²) in [6.45, 7) is 1.91. The van der Waals surface area contributed by atoms with Gasteiger partial charge in [-0.2, -0.15) is 0 Å². The number of amides is 2. The number of carbonyl (C=O) groups is 2. The van der Waals surface area contributed by atoms with E-state index >= 15 is 0 Å². The fourth-order valence-corrected chi connectivity index (χ4v) is 5.17. The Kier molecular flexibility index (Phi) is 5.87. The van der Waals surface area contributed by atoms with E-state index in [1.54, 1.807) is 16.9 Å². The molecule has 5 rings (SSSR count). The zero-order valence-electron chi connectivity index (χ0n) is 19.3. The molecule has 0 atom stereocenters. The monoisotopic (exact) mass is 448 g/mol. The van der Waals surface area contributed by atoms with Crippen LogP contribution in [0.2, 0.25) is 0 Å². The van der Waals surface area contributed by atoms with Crippen LogP contribution in [0.4, 0.5) is 0 Å². The number of ether oxygens (including phenoxy) is 1. The minimum absolute atomic E-state index is 0.0256. The molecule has 3 aliphatic rings. The number of rotatable bonds is 5. The van der Waals surface area contributed by atoms with Crippen LogP contribution in [-0.4, -0.2) is 65.6 Å². The Morgan fingerprint density at radius 2 is 1.58 bits per heavy atom. The lowest BCUT2D eigenvalue weighted by atomic mass is 9.94. The number of methoxy groups -OCH3 is 1. The topological polar surface area (TPSA) is 70.1 Å². The maximum Gasteiger partial charge on any atom is 0.254 e. The minimum atomic E-state index is -1.14. The van der Waals surface area contributed by atoms with Gasteiger partial charge < -0.3 is 19.6 Å². The van der Waals surface area contributed by atoms with Crippen LogP contribution < -0.4 is 4.74 Å². The molecule has 1 aliphatic heterocycles. The highest BCUT2D eigenvalue weighted by Gasteiger charge is 2.50. The van der Waals surface area contributed by atoms with Crippen molar-refractivity contribution in [2.24, 2.45) is 0 Å². The lowest BCUT2D eigenvalue weighted by molar-refractivity contribution is -0.143. The van der Waals surface area contributed by atoms with Crippen molar-refractivity contribution in [2.45, 2.75) is 50.0 Å². The molecule has 6 nitrogen and oxygen atoms in total. The summed E-state index contributed by atoms with van der Waals surface area (Å²) in [4.78, 5) is 28.8. The van der Waals surface area contributed by atoms with Crippen molar-refractivity contribution in [3.8, 4) is 16.9 Å². The van der Waals surface area contributed by atoms with E-state index in [-0.39, 0.29) is 11.8 Å². The average Bonchev–Trinajstić information content (AvgIpc) is 3.38.